The average molecular weight is 340 g/mol. The molecule has 0 amide bonds. The topological polar surface area (TPSA) is 35.2 Å². The van der Waals surface area contributed by atoms with E-state index in [1.54, 1.807) is 12.1 Å². The minimum absolute atomic E-state index is 0.235. The highest BCUT2D eigenvalue weighted by atomic mass is 79.9. The fraction of sp³-hybridized carbons (Fsp3) is 0.200. The number of hydrogen-bond donors (Lipinski definition) is 1. The molecule has 0 spiro atoms. The molecular formula is C15H12BrF2NO. The number of rotatable bonds is 1. The van der Waals surface area contributed by atoms with E-state index in [2.05, 4.69) is 15.9 Å². The number of ether oxygens (including phenoxy) is 1. The Labute approximate surface area is 123 Å². The average Bonchev–Trinajstić information content (AvgIpc) is 2.37. The van der Waals surface area contributed by atoms with Crippen molar-refractivity contribution in [1.82, 2.24) is 0 Å². The second-order valence-corrected chi connectivity index (χ2v) is 5.65. The summed E-state index contributed by atoms with van der Waals surface area (Å²) in [6.07, 6.45) is 0.234. The number of benzene rings is 2. The van der Waals surface area contributed by atoms with Crippen molar-refractivity contribution >= 4 is 15.9 Å². The second kappa shape index (κ2) is 5.14. The van der Waals surface area contributed by atoms with Crippen molar-refractivity contribution in [3.8, 4) is 5.75 Å². The van der Waals surface area contributed by atoms with Gasteiger partial charge in [-0.2, -0.15) is 0 Å². The highest BCUT2D eigenvalue weighted by molar-refractivity contribution is 9.10. The Kier molecular flexibility index (Phi) is 3.48. The Hall–Kier alpha value is -1.46. The van der Waals surface area contributed by atoms with Gasteiger partial charge in [-0.1, -0.05) is 28.1 Å². The van der Waals surface area contributed by atoms with Crippen LogP contribution in [0.3, 0.4) is 0 Å². The van der Waals surface area contributed by atoms with Crippen LogP contribution in [-0.2, 0) is 0 Å². The zero-order chi connectivity index (χ0) is 14.3. The van der Waals surface area contributed by atoms with Gasteiger partial charge in [-0.05, 0) is 18.2 Å². The Morgan fingerprint density at radius 1 is 1.05 bits per heavy atom. The van der Waals surface area contributed by atoms with Gasteiger partial charge < -0.3 is 10.5 Å². The summed E-state index contributed by atoms with van der Waals surface area (Å²) in [7, 11) is 0. The van der Waals surface area contributed by atoms with Crippen LogP contribution in [0.2, 0.25) is 0 Å². The molecular weight excluding hydrogens is 328 g/mol. The minimum Gasteiger partial charge on any atom is -0.485 e. The van der Waals surface area contributed by atoms with Crippen molar-refractivity contribution in [2.45, 2.75) is 18.6 Å². The van der Waals surface area contributed by atoms with Crippen LogP contribution in [0, 0.1) is 11.6 Å². The highest BCUT2D eigenvalue weighted by Gasteiger charge is 2.28. The molecule has 2 nitrogen and oxygen atoms in total. The number of fused-ring (bicyclic) bond motifs is 1. The van der Waals surface area contributed by atoms with Crippen molar-refractivity contribution in [3.05, 3.63) is 63.6 Å². The van der Waals surface area contributed by atoms with Gasteiger partial charge in [-0.15, -0.1) is 0 Å². The first-order valence-corrected chi connectivity index (χ1v) is 7.00. The zero-order valence-electron chi connectivity index (χ0n) is 10.4. The van der Waals surface area contributed by atoms with Gasteiger partial charge in [-0.3, -0.25) is 0 Å². The van der Waals surface area contributed by atoms with Gasteiger partial charge >= 0.3 is 0 Å². The molecule has 0 radical (unpaired) electrons. The molecule has 0 saturated carbocycles. The smallest absolute Gasteiger partial charge is 0.127 e. The van der Waals surface area contributed by atoms with Gasteiger partial charge in [0.15, 0.2) is 0 Å². The van der Waals surface area contributed by atoms with Crippen molar-refractivity contribution in [2.24, 2.45) is 5.73 Å². The van der Waals surface area contributed by atoms with Crippen LogP contribution in [0.25, 0.3) is 0 Å². The van der Waals surface area contributed by atoms with Crippen LogP contribution >= 0.6 is 15.9 Å². The molecule has 3 rings (SSSR count). The van der Waals surface area contributed by atoms with Gasteiger partial charge in [0.25, 0.3) is 0 Å². The zero-order valence-corrected chi connectivity index (χ0v) is 12.0. The predicted molar refractivity (Wildman–Crippen MR) is 75.4 cm³/mol. The molecule has 0 aromatic heterocycles. The van der Waals surface area contributed by atoms with Crippen molar-refractivity contribution in [2.75, 3.05) is 0 Å². The molecule has 2 unspecified atom stereocenters. The SMILES string of the molecule is NC1CC(c2ccc(F)cc2Br)Oc2cc(F)ccc21. The lowest BCUT2D eigenvalue weighted by Crippen LogP contribution is -2.24. The first-order chi connectivity index (χ1) is 9.54. The molecule has 104 valence electrons. The van der Waals surface area contributed by atoms with Gasteiger partial charge in [0.05, 0.1) is 0 Å². The van der Waals surface area contributed by atoms with E-state index < -0.39 is 0 Å². The molecule has 0 fully saturated rings. The summed E-state index contributed by atoms with van der Waals surface area (Å²) in [5, 5.41) is 0. The summed E-state index contributed by atoms with van der Waals surface area (Å²) in [6.45, 7) is 0. The Morgan fingerprint density at radius 3 is 2.40 bits per heavy atom. The summed E-state index contributed by atoms with van der Waals surface area (Å²) in [6, 6.07) is 8.52. The minimum atomic E-state index is -0.366. The van der Waals surface area contributed by atoms with Crippen molar-refractivity contribution in [3.63, 3.8) is 0 Å². The quantitative estimate of drug-likeness (QED) is 0.842. The fourth-order valence-corrected chi connectivity index (χ4v) is 3.03. The maximum atomic E-state index is 13.3. The lowest BCUT2D eigenvalue weighted by Gasteiger charge is -2.31. The molecule has 1 heterocycles. The Balaban J connectivity index is 1.98. The van der Waals surface area contributed by atoms with Crippen LogP contribution in [0.4, 0.5) is 8.78 Å². The van der Waals surface area contributed by atoms with Crippen LogP contribution in [0.15, 0.2) is 40.9 Å². The van der Waals surface area contributed by atoms with Crippen LogP contribution in [0.5, 0.6) is 5.75 Å². The maximum absolute atomic E-state index is 13.3. The number of hydrogen-bond acceptors (Lipinski definition) is 2. The molecule has 5 heteroatoms. The molecule has 0 bridgehead atoms. The van der Waals surface area contributed by atoms with Crippen LogP contribution in [0.1, 0.15) is 29.7 Å². The van der Waals surface area contributed by atoms with Gasteiger partial charge in [0.1, 0.15) is 23.5 Å². The van der Waals surface area contributed by atoms with E-state index in [0.717, 1.165) is 11.1 Å². The second-order valence-electron chi connectivity index (χ2n) is 4.80. The normalized spacial score (nSPS) is 21.2. The Morgan fingerprint density at radius 2 is 1.70 bits per heavy atom. The summed E-state index contributed by atoms with van der Waals surface area (Å²) < 4.78 is 32.9. The number of nitrogens with two attached hydrogens (primary N) is 1. The summed E-state index contributed by atoms with van der Waals surface area (Å²) in [5.74, 6) is -0.244. The molecule has 0 aliphatic carbocycles. The van der Waals surface area contributed by atoms with Gasteiger partial charge in [-0.25, -0.2) is 8.78 Å². The van der Waals surface area contributed by atoms with Crippen molar-refractivity contribution in [1.29, 1.82) is 0 Å². The van der Waals surface area contributed by atoms with Gasteiger partial charge in [0, 0.05) is 34.1 Å². The molecule has 0 saturated heterocycles. The highest BCUT2D eigenvalue weighted by Crippen LogP contribution is 2.41. The van der Waals surface area contributed by atoms with E-state index in [1.165, 1.54) is 24.3 Å². The first-order valence-electron chi connectivity index (χ1n) is 6.21. The third kappa shape index (κ3) is 2.43. The van der Waals surface area contributed by atoms with E-state index >= 15 is 0 Å². The third-order valence-corrected chi connectivity index (χ3v) is 4.11. The van der Waals surface area contributed by atoms with Crippen molar-refractivity contribution < 1.29 is 13.5 Å². The number of halogens is 3. The molecule has 2 N–H and O–H groups in total. The standard InChI is InChI=1S/C15H12BrF2NO/c16-12-5-8(17)1-3-10(12)15-7-13(19)11-4-2-9(18)6-14(11)20-15/h1-6,13,15H,7,19H2. The lowest BCUT2D eigenvalue weighted by atomic mass is 9.93. The van der Waals surface area contributed by atoms with E-state index in [1.807, 2.05) is 0 Å². The van der Waals surface area contributed by atoms with E-state index in [4.69, 9.17) is 10.5 Å². The molecule has 2 aromatic rings. The Bertz CT molecular complexity index is 662. The van der Waals surface area contributed by atoms with E-state index in [0.29, 0.717) is 16.6 Å². The molecule has 1 aliphatic heterocycles. The molecule has 20 heavy (non-hydrogen) atoms. The molecule has 2 aromatic carbocycles. The first kappa shape index (κ1) is 13.5. The van der Waals surface area contributed by atoms with Crippen LogP contribution in [-0.4, -0.2) is 0 Å². The lowest BCUT2D eigenvalue weighted by molar-refractivity contribution is 0.160. The van der Waals surface area contributed by atoms with E-state index in [9.17, 15) is 8.78 Å². The maximum Gasteiger partial charge on any atom is 0.127 e. The predicted octanol–water partition coefficient (Wildman–Crippen LogP) is 4.25. The van der Waals surface area contributed by atoms with E-state index in [-0.39, 0.29) is 23.8 Å². The fourth-order valence-electron chi connectivity index (χ4n) is 2.43. The van der Waals surface area contributed by atoms with Gasteiger partial charge in [0.2, 0.25) is 0 Å². The largest absolute Gasteiger partial charge is 0.485 e. The van der Waals surface area contributed by atoms with Crippen LogP contribution < -0.4 is 10.5 Å². The monoisotopic (exact) mass is 339 g/mol. The summed E-state index contributed by atoms with van der Waals surface area (Å²) in [5.41, 5.74) is 7.71. The molecule has 2 atom stereocenters. The third-order valence-electron chi connectivity index (χ3n) is 3.42. The molecule has 1 aliphatic rings. The summed E-state index contributed by atoms with van der Waals surface area (Å²) in [4.78, 5) is 0. The summed E-state index contributed by atoms with van der Waals surface area (Å²) >= 11 is 3.32.